The van der Waals surface area contributed by atoms with Gasteiger partial charge in [0.1, 0.15) is 5.69 Å². The number of nitrogens with one attached hydrogen (secondary N) is 1. The third-order valence-electron chi connectivity index (χ3n) is 3.29. The molecule has 22 heavy (non-hydrogen) atoms. The Balaban J connectivity index is 1.65. The Morgan fingerprint density at radius 1 is 1.23 bits per heavy atom. The number of amides is 3. The lowest BCUT2D eigenvalue weighted by molar-refractivity contribution is -0.130. The number of carbonyl (C=O) groups is 3. The van der Waals surface area contributed by atoms with E-state index >= 15 is 0 Å². The highest BCUT2D eigenvalue weighted by atomic mass is 16.5. The molecule has 1 aromatic heterocycles. The lowest BCUT2D eigenvalue weighted by Crippen LogP contribution is -2.37. The highest BCUT2D eigenvalue weighted by molar-refractivity contribution is 5.98. The summed E-state index contributed by atoms with van der Waals surface area (Å²) in [6.07, 6.45) is 0. The van der Waals surface area contributed by atoms with Gasteiger partial charge in [-0.05, 0) is 12.1 Å². The van der Waals surface area contributed by atoms with Crippen molar-refractivity contribution in [3.05, 3.63) is 42.1 Å². The number of hydrogen-bond acceptors (Lipinski definition) is 5. The van der Waals surface area contributed by atoms with Gasteiger partial charge < -0.3 is 10.1 Å². The first-order chi connectivity index (χ1) is 10.6. The molecule has 3 rings (SSSR count). The van der Waals surface area contributed by atoms with E-state index in [4.69, 9.17) is 4.74 Å². The average molecular weight is 299 g/mol. The lowest BCUT2D eigenvalue weighted by atomic mass is 10.2. The Hall–Kier alpha value is -2.96. The number of rotatable bonds is 3. The van der Waals surface area contributed by atoms with Gasteiger partial charge in [-0.25, -0.2) is 14.6 Å². The summed E-state index contributed by atoms with van der Waals surface area (Å²) < 4.78 is 4.93. The van der Waals surface area contributed by atoms with Gasteiger partial charge in [-0.15, -0.1) is 0 Å². The molecule has 1 N–H and O–H groups in total. The van der Waals surface area contributed by atoms with Crippen LogP contribution in [0.1, 0.15) is 10.5 Å². The van der Waals surface area contributed by atoms with Crippen LogP contribution in [0.3, 0.4) is 0 Å². The molecular formula is C15H13N3O4. The van der Waals surface area contributed by atoms with E-state index in [-0.39, 0.29) is 12.2 Å². The molecule has 1 aromatic carbocycles. The van der Waals surface area contributed by atoms with Gasteiger partial charge in [0.15, 0.2) is 6.61 Å². The van der Waals surface area contributed by atoms with Crippen LogP contribution in [0.2, 0.25) is 0 Å². The van der Waals surface area contributed by atoms with Gasteiger partial charge in [-0.2, -0.15) is 0 Å². The largest absolute Gasteiger partial charge is 0.451 e. The van der Waals surface area contributed by atoms with E-state index in [0.29, 0.717) is 12.1 Å². The molecule has 0 unspecified atom stereocenters. The normalized spacial score (nSPS) is 14.0. The van der Waals surface area contributed by atoms with Crippen molar-refractivity contribution in [2.24, 2.45) is 0 Å². The van der Waals surface area contributed by atoms with Crippen molar-refractivity contribution in [1.29, 1.82) is 0 Å². The van der Waals surface area contributed by atoms with Crippen LogP contribution in [-0.2, 0) is 9.53 Å². The predicted octanol–water partition coefficient (Wildman–Crippen LogP) is 0.943. The smallest absolute Gasteiger partial charge is 0.357 e. The zero-order valence-electron chi connectivity index (χ0n) is 11.6. The minimum absolute atomic E-state index is 0.123. The molecule has 0 bridgehead atoms. The number of pyridine rings is 1. The summed E-state index contributed by atoms with van der Waals surface area (Å²) in [6, 6.07) is 10.2. The number of urea groups is 1. The molecule has 112 valence electrons. The molecule has 1 fully saturated rings. The van der Waals surface area contributed by atoms with Crippen molar-refractivity contribution in [2.75, 3.05) is 19.7 Å². The maximum Gasteiger partial charge on any atom is 0.357 e. The van der Waals surface area contributed by atoms with Crippen molar-refractivity contribution in [2.45, 2.75) is 0 Å². The van der Waals surface area contributed by atoms with Crippen molar-refractivity contribution in [3.63, 3.8) is 0 Å². The summed E-state index contributed by atoms with van der Waals surface area (Å²) in [4.78, 5) is 40.2. The van der Waals surface area contributed by atoms with Gasteiger partial charge in [0.25, 0.3) is 5.91 Å². The number of fused-ring (bicyclic) bond motifs is 1. The maximum absolute atomic E-state index is 11.9. The van der Waals surface area contributed by atoms with Crippen LogP contribution in [-0.4, -0.2) is 47.5 Å². The molecule has 2 aromatic rings. The first-order valence-electron chi connectivity index (χ1n) is 6.76. The summed E-state index contributed by atoms with van der Waals surface area (Å²) >= 11 is 0. The van der Waals surface area contributed by atoms with Crippen molar-refractivity contribution in [3.8, 4) is 0 Å². The molecule has 3 amide bonds. The second-order valence-corrected chi connectivity index (χ2v) is 4.74. The van der Waals surface area contributed by atoms with E-state index in [0.717, 1.165) is 10.3 Å². The van der Waals surface area contributed by atoms with E-state index in [1.54, 1.807) is 12.1 Å². The Kier molecular flexibility index (Phi) is 3.69. The lowest BCUT2D eigenvalue weighted by Gasteiger charge is -2.12. The van der Waals surface area contributed by atoms with Gasteiger partial charge >= 0.3 is 12.0 Å². The van der Waals surface area contributed by atoms with Crippen LogP contribution in [0.4, 0.5) is 4.79 Å². The molecule has 0 saturated carbocycles. The molecule has 0 aliphatic carbocycles. The number of ether oxygens (including phenoxy) is 1. The van der Waals surface area contributed by atoms with Crippen LogP contribution < -0.4 is 5.32 Å². The number of esters is 1. The molecule has 1 aliphatic rings. The van der Waals surface area contributed by atoms with Gasteiger partial charge in [0, 0.05) is 18.5 Å². The van der Waals surface area contributed by atoms with Gasteiger partial charge in [0.2, 0.25) is 0 Å². The molecule has 1 saturated heterocycles. The maximum atomic E-state index is 11.9. The second kappa shape index (κ2) is 5.80. The van der Waals surface area contributed by atoms with Gasteiger partial charge in [-0.3, -0.25) is 9.69 Å². The Morgan fingerprint density at radius 3 is 2.82 bits per heavy atom. The SMILES string of the molecule is O=C(OCC(=O)N1CCNC1=O)c1ccc2ccccc2n1. The number of benzene rings is 1. The quantitative estimate of drug-likeness (QED) is 0.852. The van der Waals surface area contributed by atoms with E-state index in [1.807, 2.05) is 18.2 Å². The zero-order valence-corrected chi connectivity index (χ0v) is 11.6. The van der Waals surface area contributed by atoms with Crippen molar-refractivity contribution in [1.82, 2.24) is 15.2 Å². The van der Waals surface area contributed by atoms with Crippen molar-refractivity contribution < 1.29 is 19.1 Å². The number of hydrogen-bond donors (Lipinski definition) is 1. The fourth-order valence-corrected chi connectivity index (χ4v) is 2.17. The third-order valence-corrected chi connectivity index (χ3v) is 3.29. The Morgan fingerprint density at radius 2 is 2.05 bits per heavy atom. The minimum Gasteiger partial charge on any atom is -0.451 e. The van der Waals surface area contributed by atoms with Gasteiger partial charge in [0.05, 0.1) is 5.52 Å². The average Bonchev–Trinajstić information content (AvgIpc) is 2.98. The van der Waals surface area contributed by atoms with Crippen LogP contribution in [0.25, 0.3) is 10.9 Å². The highest BCUT2D eigenvalue weighted by Crippen LogP contribution is 2.12. The summed E-state index contributed by atoms with van der Waals surface area (Å²) in [6.45, 7) is 0.203. The van der Waals surface area contributed by atoms with Crippen molar-refractivity contribution >= 4 is 28.8 Å². The van der Waals surface area contributed by atoms with Crippen LogP contribution in [0, 0.1) is 0 Å². The number of para-hydroxylation sites is 1. The first kappa shape index (κ1) is 14.0. The molecule has 0 radical (unpaired) electrons. The summed E-state index contributed by atoms with van der Waals surface area (Å²) in [5.74, 6) is -1.25. The Labute approximate surface area is 125 Å². The Bertz CT molecular complexity index is 759. The third kappa shape index (κ3) is 2.73. The van der Waals surface area contributed by atoms with Crippen LogP contribution >= 0.6 is 0 Å². The minimum atomic E-state index is -0.696. The second-order valence-electron chi connectivity index (χ2n) is 4.74. The van der Waals surface area contributed by atoms with Gasteiger partial charge in [-0.1, -0.05) is 24.3 Å². The van der Waals surface area contributed by atoms with Crippen LogP contribution in [0.15, 0.2) is 36.4 Å². The molecule has 1 aliphatic heterocycles. The van der Waals surface area contributed by atoms with E-state index in [2.05, 4.69) is 10.3 Å². The van der Waals surface area contributed by atoms with E-state index in [9.17, 15) is 14.4 Å². The monoisotopic (exact) mass is 299 g/mol. The number of carbonyl (C=O) groups excluding carboxylic acids is 3. The summed E-state index contributed by atoms with van der Waals surface area (Å²) in [7, 11) is 0. The zero-order chi connectivity index (χ0) is 15.5. The topological polar surface area (TPSA) is 88.6 Å². The molecule has 7 heteroatoms. The highest BCUT2D eigenvalue weighted by Gasteiger charge is 2.27. The number of imide groups is 1. The standard InChI is InChI=1S/C15H13N3O4/c19-13(18-8-7-16-15(18)21)9-22-14(20)12-6-5-10-3-1-2-4-11(10)17-12/h1-6H,7-9H2,(H,16,21). The number of aromatic nitrogens is 1. The predicted molar refractivity (Wildman–Crippen MR) is 77.1 cm³/mol. The molecule has 0 atom stereocenters. The number of nitrogens with zero attached hydrogens (tertiary/aromatic N) is 2. The van der Waals surface area contributed by atoms with E-state index < -0.39 is 24.5 Å². The molecule has 0 spiro atoms. The fourth-order valence-electron chi connectivity index (χ4n) is 2.17. The summed E-state index contributed by atoms with van der Waals surface area (Å²) in [5, 5.41) is 3.41. The van der Waals surface area contributed by atoms with E-state index in [1.165, 1.54) is 6.07 Å². The van der Waals surface area contributed by atoms with Crippen LogP contribution in [0.5, 0.6) is 0 Å². The molecule has 7 nitrogen and oxygen atoms in total. The fraction of sp³-hybridized carbons (Fsp3) is 0.200. The molecular weight excluding hydrogens is 286 g/mol. The first-order valence-corrected chi connectivity index (χ1v) is 6.76. The summed E-state index contributed by atoms with van der Waals surface area (Å²) in [5.41, 5.74) is 0.791. The molecule has 2 heterocycles.